The van der Waals surface area contributed by atoms with Crippen LogP contribution in [0.1, 0.15) is 0 Å². The van der Waals surface area contributed by atoms with E-state index in [-0.39, 0.29) is 18.0 Å². The van der Waals surface area contributed by atoms with E-state index in [1.807, 2.05) is 0 Å². The largest absolute Gasteiger partial charge is 0.405 e. The number of nitrogens with zero attached hydrogens (tertiary/aromatic N) is 4. The second-order valence-electron chi connectivity index (χ2n) is 3.73. The molecule has 2 aromatic rings. The molecular weight excluding hydrogens is 331 g/mol. The van der Waals surface area contributed by atoms with Gasteiger partial charge in [0.1, 0.15) is 18.7 Å². The van der Waals surface area contributed by atoms with Gasteiger partial charge in [0.05, 0.1) is 0 Å². The first-order valence-electron chi connectivity index (χ1n) is 5.21. The van der Waals surface area contributed by atoms with Crippen molar-refractivity contribution in [3.05, 3.63) is 22.9 Å². The number of alkyl halides is 4. The molecule has 0 amide bonds. The lowest BCUT2D eigenvalue weighted by molar-refractivity contribution is -0.119. The van der Waals surface area contributed by atoms with Crippen LogP contribution in [0.25, 0.3) is 5.65 Å². The predicted octanol–water partition coefficient (Wildman–Crippen LogP) is 1.18. The second kappa shape index (κ2) is 5.19. The van der Waals surface area contributed by atoms with Crippen molar-refractivity contribution in [2.24, 2.45) is 0 Å². The normalized spacial score (nSPS) is 12.0. The van der Waals surface area contributed by atoms with Gasteiger partial charge in [0.2, 0.25) is 0 Å². The summed E-state index contributed by atoms with van der Waals surface area (Å²) in [4.78, 5) is 16.1. The lowest BCUT2D eigenvalue weighted by Gasteiger charge is -2.23. The molecule has 0 fully saturated rings. The summed E-state index contributed by atoms with van der Waals surface area (Å²) in [5.74, 6) is 0.114. The minimum absolute atomic E-state index is 0.114. The first kappa shape index (κ1) is 13.8. The number of rotatable bonds is 4. The summed E-state index contributed by atoms with van der Waals surface area (Å²) in [7, 11) is 0. The molecule has 0 aliphatic rings. The maximum absolute atomic E-state index is 12.5. The Morgan fingerprint density at radius 2 is 2.21 bits per heavy atom. The number of halogens is 4. The number of nitrogens with one attached hydrogen (secondary N) is 1. The molecule has 1 N–H and O–H groups in total. The molecule has 0 aliphatic carbocycles. The van der Waals surface area contributed by atoms with Crippen LogP contribution in [-0.4, -0.2) is 44.2 Å². The molecule has 6 nitrogen and oxygen atoms in total. The number of aromatic nitrogens is 4. The molecule has 2 rings (SSSR count). The summed E-state index contributed by atoms with van der Waals surface area (Å²) in [6, 6.07) is 1.33. The van der Waals surface area contributed by atoms with E-state index >= 15 is 0 Å². The molecule has 2 heterocycles. The van der Waals surface area contributed by atoms with Crippen molar-refractivity contribution in [3.63, 3.8) is 0 Å². The Morgan fingerprint density at radius 1 is 1.47 bits per heavy atom. The fraction of sp³-hybridized carbons (Fsp3) is 0.444. The van der Waals surface area contributed by atoms with Gasteiger partial charge in [-0.1, -0.05) is 15.9 Å². The van der Waals surface area contributed by atoms with E-state index in [1.165, 1.54) is 6.07 Å². The highest BCUT2D eigenvalue weighted by Crippen LogP contribution is 2.21. The molecule has 0 aliphatic heterocycles. The SMILES string of the molecule is O=c1[nH]nc2cc(N(CCBr)CC(F)(F)F)ncn12. The first-order valence-corrected chi connectivity index (χ1v) is 6.33. The predicted molar refractivity (Wildman–Crippen MR) is 65.7 cm³/mol. The average Bonchev–Trinajstić information content (AvgIpc) is 2.68. The number of anilines is 1. The van der Waals surface area contributed by atoms with E-state index in [1.54, 1.807) is 0 Å². The quantitative estimate of drug-likeness (QED) is 0.849. The van der Waals surface area contributed by atoms with E-state index < -0.39 is 18.4 Å². The lowest BCUT2D eigenvalue weighted by Crippen LogP contribution is -2.36. The summed E-state index contributed by atoms with van der Waals surface area (Å²) < 4.78 is 38.5. The Morgan fingerprint density at radius 3 is 2.84 bits per heavy atom. The van der Waals surface area contributed by atoms with Gasteiger partial charge in [-0.05, 0) is 0 Å². The van der Waals surface area contributed by atoms with Gasteiger partial charge in [-0.25, -0.2) is 19.3 Å². The van der Waals surface area contributed by atoms with Crippen LogP contribution in [0.15, 0.2) is 17.2 Å². The molecule has 10 heteroatoms. The molecular formula is C9H9BrF3N5O. The van der Waals surface area contributed by atoms with Crippen molar-refractivity contribution < 1.29 is 13.2 Å². The van der Waals surface area contributed by atoms with Crippen molar-refractivity contribution in [1.29, 1.82) is 0 Å². The van der Waals surface area contributed by atoms with Crippen LogP contribution < -0.4 is 10.6 Å². The van der Waals surface area contributed by atoms with E-state index in [2.05, 4.69) is 31.1 Å². The number of hydrogen-bond donors (Lipinski definition) is 1. The molecule has 2 aromatic heterocycles. The topological polar surface area (TPSA) is 66.3 Å². The third-order valence-electron chi connectivity index (χ3n) is 2.34. The van der Waals surface area contributed by atoms with Crippen molar-refractivity contribution in [1.82, 2.24) is 19.6 Å². The molecule has 0 saturated carbocycles. The molecule has 104 valence electrons. The third kappa shape index (κ3) is 3.25. The number of aromatic amines is 1. The van der Waals surface area contributed by atoms with Gasteiger partial charge < -0.3 is 4.90 Å². The molecule has 19 heavy (non-hydrogen) atoms. The summed E-state index contributed by atoms with van der Waals surface area (Å²) in [5, 5.41) is 6.24. The van der Waals surface area contributed by atoms with Crippen LogP contribution in [0.4, 0.5) is 19.0 Å². The van der Waals surface area contributed by atoms with E-state index in [9.17, 15) is 18.0 Å². The van der Waals surface area contributed by atoms with Crippen LogP contribution >= 0.6 is 15.9 Å². The van der Waals surface area contributed by atoms with Gasteiger partial charge in [0, 0.05) is 17.9 Å². The van der Waals surface area contributed by atoms with Crippen molar-refractivity contribution in [2.75, 3.05) is 23.3 Å². The van der Waals surface area contributed by atoms with Crippen molar-refractivity contribution in [2.45, 2.75) is 6.18 Å². The monoisotopic (exact) mass is 339 g/mol. The highest BCUT2D eigenvalue weighted by Gasteiger charge is 2.31. The fourth-order valence-corrected chi connectivity index (χ4v) is 1.99. The zero-order valence-corrected chi connectivity index (χ0v) is 11.1. The Balaban J connectivity index is 2.35. The first-order chi connectivity index (χ1) is 8.90. The number of fused-ring (bicyclic) bond motifs is 1. The van der Waals surface area contributed by atoms with E-state index in [0.29, 0.717) is 5.33 Å². The van der Waals surface area contributed by atoms with Gasteiger partial charge in [-0.2, -0.15) is 18.3 Å². The average molecular weight is 340 g/mol. The van der Waals surface area contributed by atoms with Crippen molar-refractivity contribution >= 4 is 27.4 Å². The van der Waals surface area contributed by atoms with Crippen LogP contribution in [-0.2, 0) is 0 Å². The summed E-state index contributed by atoms with van der Waals surface area (Å²) >= 11 is 3.09. The standard InChI is InChI=1S/C9H9BrF3N5O/c10-1-2-17(4-9(11,12)13)6-3-7-15-16-8(19)18(7)5-14-6/h3,5H,1-2,4H2,(H,16,19). The molecule has 0 spiro atoms. The Bertz CT molecular complexity index is 622. The van der Waals surface area contributed by atoms with Gasteiger partial charge in [-0.15, -0.1) is 0 Å². The smallest absolute Gasteiger partial charge is 0.347 e. The summed E-state index contributed by atoms with van der Waals surface area (Å²) in [5.41, 5.74) is -0.270. The number of hydrogen-bond acceptors (Lipinski definition) is 4. The molecule has 0 bridgehead atoms. The van der Waals surface area contributed by atoms with Crippen LogP contribution in [0, 0.1) is 0 Å². The minimum atomic E-state index is -4.33. The zero-order valence-electron chi connectivity index (χ0n) is 9.48. The van der Waals surface area contributed by atoms with Crippen LogP contribution in [0.3, 0.4) is 0 Å². The van der Waals surface area contributed by atoms with E-state index in [4.69, 9.17) is 0 Å². The second-order valence-corrected chi connectivity index (χ2v) is 4.52. The Hall–Kier alpha value is -1.58. The molecule has 0 atom stereocenters. The summed E-state index contributed by atoms with van der Waals surface area (Å²) in [6.07, 6.45) is -3.19. The molecule has 0 saturated heterocycles. The minimum Gasteiger partial charge on any atom is -0.347 e. The number of H-pyrrole nitrogens is 1. The van der Waals surface area contributed by atoms with E-state index in [0.717, 1.165) is 15.6 Å². The lowest BCUT2D eigenvalue weighted by atomic mass is 10.4. The molecule has 0 radical (unpaired) electrons. The Kier molecular flexibility index (Phi) is 3.78. The third-order valence-corrected chi connectivity index (χ3v) is 2.70. The molecule has 0 aromatic carbocycles. The zero-order chi connectivity index (χ0) is 14.0. The molecule has 0 unspecified atom stereocenters. The van der Waals surface area contributed by atoms with Gasteiger partial charge in [-0.3, -0.25) is 0 Å². The van der Waals surface area contributed by atoms with Gasteiger partial charge >= 0.3 is 11.9 Å². The van der Waals surface area contributed by atoms with Gasteiger partial charge in [0.25, 0.3) is 0 Å². The summed E-state index contributed by atoms with van der Waals surface area (Å²) in [6.45, 7) is -0.978. The maximum Gasteiger partial charge on any atom is 0.405 e. The highest BCUT2D eigenvalue weighted by atomic mass is 79.9. The Labute approximate surface area is 113 Å². The van der Waals surface area contributed by atoms with Crippen LogP contribution in [0.5, 0.6) is 0 Å². The van der Waals surface area contributed by atoms with Gasteiger partial charge in [0.15, 0.2) is 5.65 Å². The maximum atomic E-state index is 12.5. The fourth-order valence-electron chi connectivity index (χ4n) is 1.57. The van der Waals surface area contributed by atoms with Crippen LogP contribution in [0.2, 0.25) is 0 Å². The highest BCUT2D eigenvalue weighted by molar-refractivity contribution is 9.09. The van der Waals surface area contributed by atoms with Crippen molar-refractivity contribution in [3.8, 4) is 0 Å².